The van der Waals surface area contributed by atoms with Crippen molar-refractivity contribution >= 4 is 28.7 Å². The number of nitro groups is 1. The lowest BCUT2D eigenvalue weighted by Gasteiger charge is -2.35. The van der Waals surface area contributed by atoms with Gasteiger partial charge in [0.2, 0.25) is 0 Å². The molecule has 1 amide bonds. The highest BCUT2D eigenvalue weighted by Gasteiger charge is 2.24. The third kappa shape index (κ3) is 2.89. The Morgan fingerprint density at radius 1 is 1.23 bits per heavy atom. The fraction of sp³-hybridized carbons (Fsp3) is 0.308. The first-order valence-corrected chi connectivity index (χ1v) is 7.62. The van der Waals surface area contributed by atoms with Gasteiger partial charge in [0, 0.05) is 37.6 Å². The molecule has 114 valence electrons. The van der Waals surface area contributed by atoms with Gasteiger partial charge in [0.25, 0.3) is 11.6 Å². The van der Waals surface area contributed by atoms with Crippen LogP contribution in [0.5, 0.6) is 0 Å². The van der Waals surface area contributed by atoms with Crippen LogP contribution in [0.3, 0.4) is 0 Å². The second-order valence-electron chi connectivity index (χ2n) is 4.78. The van der Waals surface area contributed by atoms with Crippen LogP contribution in [-0.2, 0) is 0 Å². The number of thiazole rings is 1. The number of nitrogens with zero attached hydrogens (tertiary/aromatic N) is 5. The quantitative estimate of drug-likeness (QED) is 0.627. The minimum atomic E-state index is -0.471. The Morgan fingerprint density at radius 2 is 2.00 bits per heavy atom. The number of hydrogen-bond donors (Lipinski definition) is 0. The van der Waals surface area contributed by atoms with Crippen LogP contribution in [0, 0.1) is 10.1 Å². The number of aromatic nitrogens is 2. The number of piperazine rings is 1. The zero-order valence-electron chi connectivity index (χ0n) is 11.6. The van der Waals surface area contributed by atoms with E-state index in [0.29, 0.717) is 37.7 Å². The Labute approximate surface area is 130 Å². The van der Waals surface area contributed by atoms with E-state index in [1.165, 1.54) is 23.6 Å². The third-order valence-electron chi connectivity index (χ3n) is 3.49. The van der Waals surface area contributed by atoms with E-state index in [9.17, 15) is 14.9 Å². The topological polar surface area (TPSA) is 92.5 Å². The molecule has 0 aromatic carbocycles. The summed E-state index contributed by atoms with van der Waals surface area (Å²) in [6.45, 7) is 2.44. The van der Waals surface area contributed by atoms with Crippen LogP contribution in [0.15, 0.2) is 29.2 Å². The smallest absolute Gasteiger partial charge is 0.287 e. The molecule has 3 rings (SSSR count). The highest BCUT2D eigenvalue weighted by atomic mass is 32.1. The van der Waals surface area contributed by atoms with Crippen LogP contribution in [0.1, 0.15) is 10.5 Å². The van der Waals surface area contributed by atoms with Crippen molar-refractivity contribution in [2.75, 3.05) is 31.1 Å². The summed E-state index contributed by atoms with van der Waals surface area (Å²) in [6, 6.07) is 3.07. The van der Waals surface area contributed by atoms with Crippen molar-refractivity contribution in [1.29, 1.82) is 0 Å². The van der Waals surface area contributed by atoms with Gasteiger partial charge in [0.15, 0.2) is 0 Å². The molecule has 1 aliphatic heterocycles. The van der Waals surface area contributed by atoms with E-state index in [1.807, 2.05) is 4.90 Å². The third-order valence-corrected chi connectivity index (χ3v) is 4.07. The number of rotatable bonds is 3. The molecule has 2 aromatic rings. The molecular weight excluding hydrogens is 306 g/mol. The maximum Gasteiger partial charge on any atom is 0.287 e. The van der Waals surface area contributed by atoms with E-state index in [4.69, 9.17) is 0 Å². The van der Waals surface area contributed by atoms with Crippen molar-refractivity contribution in [3.05, 3.63) is 45.0 Å². The molecule has 0 bridgehead atoms. The predicted octanol–water partition coefficient (Wildman–Crippen LogP) is 1.41. The van der Waals surface area contributed by atoms with E-state index in [-0.39, 0.29) is 11.6 Å². The van der Waals surface area contributed by atoms with Crippen LogP contribution >= 0.6 is 11.3 Å². The maximum atomic E-state index is 12.2. The molecule has 0 atom stereocenters. The molecule has 1 aliphatic rings. The summed E-state index contributed by atoms with van der Waals surface area (Å²) in [5.41, 5.74) is 2.09. The number of amides is 1. The van der Waals surface area contributed by atoms with Crippen LogP contribution in [-0.4, -0.2) is 51.9 Å². The van der Waals surface area contributed by atoms with Gasteiger partial charge in [-0.2, -0.15) is 0 Å². The Morgan fingerprint density at radius 3 is 2.55 bits per heavy atom. The summed E-state index contributed by atoms with van der Waals surface area (Å²) in [6.07, 6.45) is 1.25. The summed E-state index contributed by atoms with van der Waals surface area (Å²) in [5, 5.41) is 12.4. The predicted molar refractivity (Wildman–Crippen MR) is 81.1 cm³/mol. The lowest BCUT2D eigenvalue weighted by Crippen LogP contribution is -2.49. The van der Waals surface area contributed by atoms with E-state index >= 15 is 0 Å². The Bertz CT molecular complexity index is 665. The molecule has 0 N–H and O–H groups in total. The van der Waals surface area contributed by atoms with Crippen molar-refractivity contribution in [2.24, 2.45) is 0 Å². The molecule has 1 saturated heterocycles. The highest BCUT2D eigenvalue weighted by molar-refractivity contribution is 7.07. The number of carbonyl (C=O) groups excluding carboxylic acids is 1. The maximum absolute atomic E-state index is 12.2. The molecule has 1 fully saturated rings. The Balaban J connectivity index is 1.62. The van der Waals surface area contributed by atoms with Crippen molar-refractivity contribution in [3.63, 3.8) is 0 Å². The summed E-state index contributed by atoms with van der Waals surface area (Å²) in [5.74, 6) is 0.629. The Kier molecular flexibility index (Phi) is 3.96. The number of hydrogen-bond acceptors (Lipinski definition) is 7. The SMILES string of the molecule is O=C(c1cscn1)N1CCN(c2ccc([N+](=O)[O-])cn2)CC1. The molecule has 22 heavy (non-hydrogen) atoms. The van der Waals surface area contributed by atoms with Gasteiger partial charge in [-0.25, -0.2) is 9.97 Å². The first kappa shape index (κ1) is 14.4. The fourth-order valence-electron chi connectivity index (χ4n) is 2.29. The summed E-state index contributed by atoms with van der Waals surface area (Å²) >= 11 is 1.40. The minimum absolute atomic E-state index is 0.0268. The first-order chi connectivity index (χ1) is 10.6. The molecule has 3 heterocycles. The number of anilines is 1. The van der Waals surface area contributed by atoms with E-state index in [1.54, 1.807) is 21.9 Å². The van der Waals surface area contributed by atoms with Gasteiger partial charge in [0.05, 0.1) is 10.4 Å². The lowest BCUT2D eigenvalue weighted by molar-refractivity contribution is -0.385. The average Bonchev–Trinajstić information content (AvgIpc) is 3.09. The van der Waals surface area contributed by atoms with Gasteiger partial charge in [-0.1, -0.05) is 0 Å². The van der Waals surface area contributed by atoms with Crippen LogP contribution in [0.2, 0.25) is 0 Å². The second kappa shape index (κ2) is 6.06. The summed E-state index contributed by atoms with van der Waals surface area (Å²) < 4.78 is 0. The van der Waals surface area contributed by atoms with Gasteiger partial charge in [-0.3, -0.25) is 14.9 Å². The number of pyridine rings is 1. The second-order valence-corrected chi connectivity index (χ2v) is 5.50. The molecule has 8 nitrogen and oxygen atoms in total. The Hall–Kier alpha value is -2.55. The van der Waals surface area contributed by atoms with E-state index < -0.39 is 4.92 Å². The average molecular weight is 319 g/mol. The van der Waals surface area contributed by atoms with Gasteiger partial charge in [-0.05, 0) is 6.07 Å². The number of carbonyl (C=O) groups is 1. The van der Waals surface area contributed by atoms with Crippen molar-refractivity contribution in [3.8, 4) is 0 Å². The van der Waals surface area contributed by atoms with E-state index in [2.05, 4.69) is 9.97 Å². The fourth-order valence-corrected chi connectivity index (χ4v) is 2.82. The van der Waals surface area contributed by atoms with E-state index in [0.717, 1.165) is 0 Å². The largest absolute Gasteiger partial charge is 0.353 e. The minimum Gasteiger partial charge on any atom is -0.353 e. The summed E-state index contributed by atoms with van der Waals surface area (Å²) in [7, 11) is 0. The van der Waals surface area contributed by atoms with Crippen molar-refractivity contribution in [1.82, 2.24) is 14.9 Å². The standard InChI is InChI=1S/C13H13N5O3S/c19-13(11-8-22-9-15-11)17-5-3-16(4-6-17)12-2-1-10(7-14-12)18(20)21/h1-2,7-9H,3-6H2. The normalized spacial score (nSPS) is 14.9. The van der Waals surface area contributed by atoms with Crippen LogP contribution in [0.25, 0.3) is 0 Å². The molecule has 0 aliphatic carbocycles. The van der Waals surface area contributed by atoms with Gasteiger partial charge >= 0.3 is 0 Å². The molecule has 9 heteroatoms. The zero-order valence-corrected chi connectivity index (χ0v) is 12.4. The molecule has 2 aromatic heterocycles. The first-order valence-electron chi connectivity index (χ1n) is 6.68. The molecule has 0 spiro atoms. The molecule has 0 saturated carbocycles. The molecule has 0 radical (unpaired) electrons. The lowest BCUT2D eigenvalue weighted by atomic mass is 10.2. The van der Waals surface area contributed by atoms with Crippen molar-refractivity contribution in [2.45, 2.75) is 0 Å². The van der Waals surface area contributed by atoms with Gasteiger partial charge in [-0.15, -0.1) is 11.3 Å². The van der Waals surface area contributed by atoms with Crippen molar-refractivity contribution < 1.29 is 9.72 Å². The molecular formula is C13H13N5O3S. The monoisotopic (exact) mass is 319 g/mol. The highest BCUT2D eigenvalue weighted by Crippen LogP contribution is 2.18. The van der Waals surface area contributed by atoms with Gasteiger partial charge < -0.3 is 9.80 Å². The molecule has 0 unspecified atom stereocenters. The van der Waals surface area contributed by atoms with Crippen LogP contribution in [0.4, 0.5) is 11.5 Å². The van der Waals surface area contributed by atoms with Gasteiger partial charge in [0.1, 0.15) is 17.7 Å². The van der Waals surface area contributed by atoms with Crippen LogP contribution < -0.4 is 4.90 Å². The zero-order chi connectivity index (χ0) is 15.5. The summed E-state index contributed by atoms with van der Waals surface area (Å²) in [4.78, 5) is 34.3.